The van der Waals surface area contributed by atoms with E-state index in [1.807, 2.05) is 0 Å². The van der Waals surface area contributed by atoms with E-state index in [2.05, 4.69) is 46.1 Å². The molecule has 0 aromatic heterocycles. The summed E-state index contributed by atoms with van der Waals surface area (Å²) in [5, 5.41) is 0. The monoisotopic (exact) mass is 521 g/mol. The normalized spacial score (nSPS) is 19.4. The van der Waals surface area contributed by atoms with E-state index in [-0.39, 0.29) is 17.0 Å². The molecule has 3 heteroatoms. The van der Waals surface area contributed by atoms with Gasteiger partial charge in [-0.05, 0) is 0 Å². The molecule has 0 bridgehead atoms. The molecule has 0 spiro atoms. The molecule has 1 aliphatic heterocycles. The fraction of sp³-hybridized carbons (Fsp3) is 0.818. The van der Waals surface area contributed by atoms with Gasteiger partial charge in [-0.15, -0.1) is 0 Å². The van der Waals surface area contributed by atoms with Crippen molar-refractivity contribution in [1.29, 1.82) is 0 Å². The number of halogens is 1. The zero-order valence-electron chi connectivity index (χ0n) is 17.4. The van der Waals surface area contributed by atoms with Gasteiger partial charge in [-0.3, -0.25) is 0 Å². The Bertz CT molecular complexity index is 337. The van der Waals surface area contributed by atoms with Crippen molar-refractivity contribution < 1.29 is 21.5 Å². The maximum Gasteiger partial charge on any atom is -1.00 e. The molecule has 0 N–H and O–H groups in total. The second-order valence-electron chi connectivity index (χ2n) is 8.22. The summed E-state index contributed by atoms with van der Waals surface area (Å²) in [6.07, 6.45) is 16.0. The molecule has 1 atom stereocenters. The molecule has 1 heterocycles. The molecule has 0 unspecified atom stereocenters. The van der Waals surface area contributed by atoms with Crippen LogP contribution in [-0.2, 0) is 0 Å². The third-order valence-corrected chi connectivity index (χ3v) is 24.5. The molecule has 1 fully saturated rings. The van der Waals surface area contributed by atoms with Crippen LogP contribution in [0.5, 0.6) is 0 Å². The van der Waals surface area contributed by atoms with E-state index in [1.165, 1.54) is 75.5 Å². The van der Waals surface area contributed by atoms with Gasteiger partial charge >= 0.3 is 157 Å². The largest absolute Gasteiger partial charge is 1.00 e. The molecular formula is C22H44BrNSn. The van der Waals surface area contributed by atoms with Crippen LogP contribution in [-0.4, -0.2) is 46.6 Å². The summed E-state index contributed by atoms with van der Waals surface area (Å²) in [5.41, 5.74) is 0. The van der Waals surface area contributed by atoms with Crippen molar-refractivity contribution >= 4 is 18.4 Å². The average molecular weight is 521 g/mol. The summed E-state index contributed by atoms with van der Waals surface area (Å²) in [4.78, 5) is 0. The topological polar surface area (TPSA) is 0 Å². The quantitative estimate of drug-likeness (QED) is 0.186. The standard InChI is InChI=1S/C10H17N.3C4H9.BrH.Sn/c1-3-7-11(8-4-2)9-5-6-10-11;3*1-3-4-2;;/h3-4,9H,1-2,5-8,10H2;3*1,3-4H2,2H3;1H;/q+1;;;;;/p-1. The van der Waals surface area contributed by atoms with Crippen molar-refractivity contribution in [3.8, 4) is 0 Å². The van der Waals surface area contributed by atoms with Crippen molar-refractivity contribution in [3.05, 3.63) is 25.3 Å². The third-order valence-electron chi connectivity index (χ3n) is 6.52. The minimum Gasteiger partial charge on any atom is -1.00 e. The number of hydrogen-bond acceptors (Lipinski definition) is 0. The Morgan fingerprint density at radius 3 is 1.68 bits per heavy atom. The van der Waals surface area contributed by atoms with Crippen LogP contribution >= 0.6 is 0 Å². The Morgan fingerprint density at radius 1 is 0.880 bits per heavy atom. The van der Waals surface area contributed by atoms with E-state index in [1.54, 1.807) is 13.3 Å². The fourth-order valence-corrected chi connectivity index (χ4v) is 26.1. The van der Waals surface area contributed by atoms with Crippen LogP contribution in [0, 0.1) is 0 Å². The zero-order valence-corrected chi connectivity index (χ0v) is 21.8. The van der Waals surface area contributed by atoms with E-state index in [0.29, 0.717) is 0 Å². The maximum atomic E-state index is 4.13. The first-order valence-corrected chi connectivity index (χ1v) is 18.4. The molecule has 0 aliphatic carbocycles. The molecular weight excluding hydrogens is 477 g/mol. The molecule has 148 valence electrons. The first kappa shape index (κ1) is 25.7. The summed E-state index contributed by atoms with van der Waals surface area (Å²) in [5.74, 6) is 0. The summed E-state index contributed by atoms with van der Waals surface area (Å²) in [6, 6.07) is 0. The number of likely N-dealkylation sites (tertiary alicyclic amines) is 1. The number of quaternary nitrogens is 1. The molecule has 0 saturated carbocycles. The number of rotatable bonds is 14. The van der Waals surface area contributed by atoms with E-state index < -0.39 is 18.4 Å². The van der Waals surface area contributed by atoms with Gasteiger partial charge in [0.1, 0.15) is 0 Å². The number of unbranched alkanes of at least 4 members (excludes halogenated alkanes) is 3. The molecule has 25 heavy (non-hydrogen) atoms. The molecule has 0 aromatic carbocycles. The molecule has 1 nitrogen and oxygen atoms in total. The molecule has 0 aromatic rings. The van der Waals surface area contributed by atoms with Gasteiger partial charge in [0, 0.05) is 0 Å². The molecule has 1 rings (SSSR count). The molecule has 1 aliphatic rings. The van der Waals surface area contributed by atoms with Crippen molar-refractivity contribution in [2.45, 2.75) is 89.5 Å². The van der Waals surface area contributed by atoms with Crippen molar-refractivity contribution in [2.24, 2.45) is 0 Å². The predicted molar refractivity (Wildman–Crippen MR) is 113 cm³/mol. The van der Waals surface area contributed by atoms with Crippen LogP contribution in [0.4, 0.5) is 0 Å². The Labute approximate surface area is 173 Å². The predicted octanol–water partition coefficient (Wildman–Crippen LogP) is 3.73. The Hall–Kier alpha value is 0.719. The average Bonchev–Trinajstić information content (AvgIpc) is 2.99. The van der Waals surface area contributed by atoms with Crippen molar-refractivity contribution in [3.63, 3.8) is 0 Å². The van der Waals surface area contributed by atoms with Gasteiger partial charge in [0.25, 0.3) is 0 Å². The number of hydrogen-bond donors (Lipinski definition) is 0. The summed E-state index contributed by atoms with van der Waals surface area (Å²) in [7, 11) is 0. The summed E-state index contributed by atoms with van der Waals surface area (Å²) < 4.78 is 7.29. The van der Waals surface area contributed by atoms with Gasteiger partial charge < -0.3 is 17.0 Å². The molecule has 1 saturated heterocycles. The van der Waals surface area contributed by atoms with Gasteiger partial charge in [0.2, 0.25) is 0 Å². The summed E-state index contributed by atoms with van der Waals surface area (Å²) in [6.45, 7) is 19.2. The smallest absolute Gasteiger partial charge is 1.00 e. The van der Waals surface area contributed by atoms with Crippen LogP contribution in [0.1, 0.15) is 72.1 Å². The van der Waals surface area contributed by atoms with Crippen LogP contribution in [0.25, 0.3) is 0 Å². The minimum atomic E-state index is -2.18. The first-order valence-electron chi connectivity index (χ1n) is 10.7. The second-order valence-corrected chi connectivity index (χ2v) is 22.2. The van der Waals surface area contributed by atoms with Gasteiger partial charge in [-0.2, -0.15) is 0 Å². The van der Waals surface area contributed by atoms with E-state index in [0.717, 1.165) is 4.06 Å². The SMILES string of the molecule is C=CC[N+]1(CC=C)CCC[C@@H]1[Sn]([CH2]CCC)([CH2]CCC)[CH2]CCC.[Br-]. The Morgan fingerprint density at radius 2 is 1.32 bits per heavy atom. The van der Waals surface area contributed by atoms with Gasteiger partial charge in [-0.1, -0.05) is 0 Å². The Kier molecular flexibility index (Phi) is 14.2. The molecule has 0 amide bonds. The molecule has 0 radical (unpaired) electrons. The maximum absolute atomic E-state index is 4.13. The van der Waals surface area contributed by atoms with Crippen LogP contribution in [0.2, 0.25) is 13.3 Å². The summed E-state index contributed by atoms with van der Waals surface area (Å²) >= 11 is -2.18. The van der Waals surface area contributed by atoms with Crippen LogP contribution < -0.4 is 17.0 Å². The van der Waals surface area contributed by atoms with Gasteiger partial charge in [0.15, 0.2) is 0 Å². The van der Waals surface area contributed by atoms with Gasteiger partial charge in [-0.25, -0.2) is 0 Å². The first-order chi connectivity index (χ1) is 11.6. The van der Waals surface area contributed by atoms with Gasteiger partial charge in [0.05, 0.1) is 0 Å². The van der Waals surface area contributed by atoms with E-state index in [9.17, 15) is 0 Å². The zero-order chi connectivity index (χ0) is 17.9. The Balaban J connectivity index is 0.00000576. The minimum absolute atomic E-state index is 0. The number of nitrogens with zero attached hydrogens (tertiary/aromatic N) is 1. The van der Waals surface area contributed by atoms with E-state index in [4.69, 9.17) is 0 Å². The van der Waals surface area contributed by atoms with Crippen molar-refractivity contribution in [1.82, 2.24) is 0 Å². The second kappa shape index (κ2) is 13.8. The third kappa shape index (κ3) is 6.99. The fourth-order valence-electron chi connectivity index (χ4n) is 5.40. The van der Waals surface area contributed by atoms with Crippen molar-refractivity contribution in [2.75, 3.05) is 19.6 Å². The van der Waals surface area contributed by atoms with Crippen LogP contribution in [0.3, 0.4) is 0 Å². The van der Waals surface area contributed by atoms with E-state index >= 15 is 0 Å². The van der Waals surface area contributed by atoms with Crippen LogP contribution in [0.15, 0.2) is 25.3 Å².